The Kier molecular flexibility index (Phi) is 11.3. The number of rotatable bonds is 4. The van der Waals surface area contributed by atoms with E-state index in [2.05, 4.69) is 165 Å². The van der Waals surface area contributed by atoms with Crippen LogP contribution in [0.2, 0.25) is 0 Å². The van der Waals surface area contributed by atoms with E-state index in [0.717, 1.165) is 25.7 Å². The van der Waals surface area contributed by atoms with E-state index in [9.17, 15) is 9.59 Å². The van der Waals surface area contributed by atoms with Crippen LogP contribution in [0.1, 0.15) is 88.5 Å². The van der Waals surface area contributed by atoms with Crippen LogP contribution in [0.15, 0.2) is 109 Å². The number of hydrogen-bond acceptors (Lipinski definition) is 5. The van der Waals surface area contributed by atoms with Crippen molar-refractivity contribution in [3.05, 3.63) is 131 Å². The topological polar surface area (TPSA) is 64.5 Å². The SMILES string of the molecule is CCC1(CC)C2=[N+](CCC(=O)NCC3(CNC(=O)CCN4/C(=C/C=C/C=C/C=C/2)C(CC)(CC)c2c4ccc4cc(C)ccc24)SS3)c2ccc3cc(C)ccc3c21. The van der Waals surface area contributed by atoms with E-state index in [4.69, 9.17) is 0 Å². The molecule has 0 atom stereocenters. The molecule has 8 heteroatoms. The number of amides is 2. The highest BCUT2D eigenvalue weighted by Gasteiger charge is 2.51. The summed E-state index contributed by atoms with van der Waals surface area (Å²) in [5, 5.41) is 11.6. The van der Waals surface area contributed by atoms with Gasteiger partial charge < -0.3 is 15.5 Å². The molecule has 6 nitrogen and oxygen atoms in total. The number of hydrogen-bond donors (Lipinski definition) is 2. The van der Waals surface area contributed by atoms with E-state index in [-0.39, 0.29) is 26.7 Å². The van der Waals surface area contributed by atoms with Crippen molar-refractivity contribution in [2.45, 2.75) is 95.0 Å². The molecule has 4 heterocycles. The van der Waals surface area contributed by atoms with Gasteiger partial charge in [-0.2, -0.15) is 4.58 Å². The monoisotopic (exact) mass is 809 g/mol. The Morgan fingerprint density at radius 2 is 1.26 bits per heavy atom. The molecule has 0 aliphatic carbocycles. The Morgan fingerprint density at radius 1 is 0.672 bits per heavy atom. The molecule has 2 N–H and O–H groups in total. The first-order valence-electron chi connectivity index (χ1n) is 21.2. The molecule has 0 saturated carbocycles. The number of fused-ring (bicyclic) bond motifs is 9. The van der Waals surface area contributed by atoms with E-state index in [1.165, 1.54) is 66.6 Å². The van der Waals surface area contributed by atoms with Crippen LogP contribution in [-0.4, -0.2) is 52.4 Å². The molecule has 1 saturated heterocycles. The molecule has 0 aromatic heterocycles. The molecule has 2 amide bonds. The first kappa shape index (κ1) is 40.3. The Bertz CT molecular complexity index is 2440. The lowest BCUT2D eigenvalue weighted by Crippen LogP contribution is -2.41. The van der Waals surface area contributed by atoms with Crippen molar-refractivity contribution in [2.75, 3.05) is 31.1 Å². The fourth-order valence-electron chi connectivity index (χ4n) is 10.1. The van der Waals surface area contributed by atoms with Crippen LogP contribution in [0.25, 0.3) is 21.5 Å². The summed E-state index contributed by atoms with van der Waals surface area (Å²) in [6, 6.07) is 22.6. The summed E-state index contributed by atoms with van der Waals surface area (Å²) in [5.74, 6) is 0.0607. The van der Waals surface area contributed by atoms with Crippen molar-refractivity contribution in [2.24, 2.45) is 0 Å². The summed E-state index contributed by atoms with van der Waals surface area (Å²) < 4.78 is 2.17. The fraction of sp³-hybridized carbons (Fsp3) is 0.380. The van der Waals surface area contributed by atoms with Gasteiger partial charge in [-0.15, -0.1) is 0 Å². The second-order valence-electron chi connectivity index (χ2n) is 16.4. The number of carbonyl (C=O) groups is 2. The average Bonchev–Trinajstić information content (AvgIpc) is 3.89. The van der Waals surface area contributed by atoms with E-state index in [1.54, 1.807) is 21.6 Å². The third kappa shape index (κ3) is 7.04. The molecule has 0 radical (unpaired) electrons. The van der Waals surface area contributed by atoms with Crippen LogP contribution >= 0.6 is 21.6 Å². The number of nitrogens with one attached hydrogen (secondary N) is 2. The van der Waals surface area contributed by atoms with Gasteiger partial charge in [0.25, 0.3) is 0 Å². The number of aryl methyl sites for hydroxylation is 2. The minimum Gasteiger partial charge on any atom is -0.354 e. The summed E-state index contributed by atoms with van der Waals surface area (Å²) in [6.07, 6.45) is 19.8. The third-order valence-electron chi connectivity index (χ3n) is 13.3. The van der Waals surface area contributed by atoms with Gasteiger partial charge in [-0.25, -0.2) is 0 Å². The van der Waals surface area contributed by atoms with Crippen LogP contribution in [0.3, 0.4) is 0 Å². The van der Waals surface area contributed by atoms with Crippen molar-refractivity contribution in [1.29, 1.82) is 0 Å². The molecule has 1 spiro atoms. The van der Waals surface area contributed by atoms with E-state index in [0.29, 0.717) is 39.0 Å². The zero-order valence-electron chi connectivity index (χ0n) is 34.9. The van der Waals surface area contributed by atoms with Crippen LogP contribution in [0, 0.1) is 13.8 Å². The average molecular weight is 810 g/mol. The van der Waals surface area contributed by atoms with Crippen LogP contribution in [0.4, 0.5) is 11.4 Å². The molecular weight excluding hydrogens is 753 g/mol. The minimum atomic E-state index is -0.238. The predicted molar refractivity (Wildman–Crippen MR) is 248 cm³/mol. The highest BCUT2D eigenvalue weighted by atomic mass is 33.2. The fourth-order valence-corrected chi connectivity index (χ4v) is 11.8. The zero-order valence-corrected chi connectivity index (χ0v) is 36.5. The van der Waals surface area contributed by atoms with Crippen LogP contribution < -0.4 is 15.5 Å². The molecule has 4 aromatic rings. The van der Waals surface area contributed by atoms with E-state index < -0.39 is 0 Å². The third-order valence-corrected chi connectivity index (χ3v) is 16.5. The van der Waals surface area contributed by atoms with Crippen molar-refractivity contribution in [3.63, 3.8) is 0 Å². The minimum absolute atomic E-state index is 0.0304. The van der Waals surface area contributed by atoms with Gasteiger partial charge in [0, 0.05) is 60.6 Å². The Morgan fingerprint density at radius 3 is 1.90 bits per heavy atom. The number of anilines is 1. The lowest BCUT2D eigenvalue weighted by Gasteiger charge is -2.32. The maximum absolute atomic E-state index is 13.6. The predicted octanol–water partition coefficient (Wildman–Crippen LogP) is 11.0. The first-order chi connectivity index (χ1) is 28.1. The smallest absolute Gasteiger partial charge is 0.226 e. The Hall–Kier alpha value is -4.53. The van der Waals surface area contributed by atoms with Gasteiger partial charge in [0.15, 0.2) is 12.3 Å². The lowest BCUT2D eigenvalue weighted by molar-refractivity contribution is -0.436. The Balaban J connectivity index is 1.20. The summed E-state index contributed by atoms with van der Waals surface area (Å²) in [6.45, 7) is 15.7. The van der Waals surface area contributed by atoms with E-state index in [1.807, 2.05) is 0 Å². The molecule has 8 rings (SSSR count). The summed E-state index contributed by atoms with van der Waals surface area (Å²) in [5.41, 5.74) is 9.78. The standard InChI is InChI=1S/C50H56N4O2S2/c1-7-48(8-2)42-16-14-12-11-13-15-17-43-49(9-3,10-4)47-39-23-19-35(6)31-37(39)21-25-41(47)54(43)29-27-45(56)52-33-50(57-58-50)32-51-44(55)26-28-53(42)40-24-20-36-30-34(5)18-22-38(36)46(40)48/h11-25,30-31H,7-10,26-29,32-33H2,1-6H3,(H-,51,52,55,56)/p+1. The van der Waals surface area contributed by atoms with Crippen LogP contribution in [-0.2, 0) is 20.4 Å². The van der Waals surface area contributed by atoms with Gasteiger partial charge in [-0.05, 0) is 84.8 Å². The zero-order chi connectivity index (χ0) is 40.7. The summed E-state index contributed by atoms with van der Waals surface area (Å²) in [4.78, 5) is 29.5. The van der Waals surface area contributed by atoms with Gasteiger partial charge >= 0.3 is 0 Å². The second kappa shape index (κ2) is 16.3. The lowest BCUT2D eigenvalue weighted by atomic mass is 9.71. The van der Waals surface area contributed by atoms with Crippen molar-refractivity contribution in [3.8, 4) is 0 Å². The Labute approximate surface area is 352 Å². The highest BCUT2D eigenvalue weighted by molar-refractivity contribution is 8.93. The molecule has 1 fully saturated rings. The van der Waals surface area contributed by atoms with Crippen molar-refractivity contribution < 1.29 is 14.2 Å². The highest BCUT2D eigenvalue weighted by Crippen LogP contribution is 2.64. The van der Waals surface area contributed by atoms with Crippen molar-refractivity contribution >= 4 is 72.0 Å². The summed E-state index contributed by atoms with van der Waals surface area (Å²) >= 11 is 0. The van der Waals surface area contributed by atoms with Gasteiger partial charge in [-0.3, -0.25) is 9.59 Å². The second-order valence-corrected chi connectivity index (χ2v) is 19.6. The maximum atomic E-state index is 13.6. The number of benzene rings is 4. The first-order valence-corrected chi connectivity index (χ1v) is 23.4. The van der Waals surface area contributed by atoms with Crippen molar-refractivity contribution in [1.82, 2.24) is 10.6 Å². The maximum Gasteiger partial charge on any atom is 0.226 e. The van der Waals surface area contributed by atoms with Crippen LogP contribution in [0.5, 0.6) is 0 Å². The molecule has 4 aromatic carbocycles. The van der Waals surface area contributed by atoms with Gasteiger partial charge in [-0.1, -0.05) is 133 Å². The molecule has 0 bridgehead atoms. The van der Waals surface area contributed by atoms with Gasteiger partial charge in [0.1, 0.15) is 4.08 Å². The number of nitrogens with zero attached hydrogens (tertiary/aromatic N) is 2. The largest absolute Gasteiger partial charge is 0.354 e. The number of carbonyl (C=O) groups excluding carboxylic acids is 2. The molecule has 0 unspecified atom stereocenters. The molecule has 4 aliphatic heterocycles. The molecule has 58 heavy (non-hydrogen) atoms. The molecule has 300 valence electrons. The summed E-state index contributed by atoms with van der Waals surface area (Å²) in [7, 11) is 3.47. The number of allylic oxidation sites excluding steroid dienone is 8. The quantitative estimate of drug-likeness (QED) is 0.122. The van der Waals surface area contributed by atoms with E-state index >= 15 is 0 Å². The molecule has 4 aliphatic rings. The van der Waals surface area contributed by atoms with Gasteiger partial charge in [0.05, 0.1) is 11.8 Å². The normalized spacial score (nSPS) is 22.7. The molecular formula is C50H57N4O2S2+. The van der Waals surface area contributed by atoms with Gasteiger partial charge in [0.2, 0.25) is 17.5 Å².